The van der Waals surface area contributed by atoms with Crippen molar-refractivity contribution in [2.75, 3.05) is 28.2 Å². The van der Waals surface area contributed by atoms with Crippen LogP contribution in [0, 0.1) is 0 Å². The Morgan fingerprint density at radius 1 is 1.56 bits per heavy atom. The zero-order valence-electron chi connectivity index (χ0n) is 9.93. The highest BCUT2D eigenvalue weighted by atomic mass is 32.2. The molecule has 0 aromatic rings. The lowest BCUT2D eigenvalue weighted by Gasteiger charge is -2.11. The largest absolute Gasteiger partial charge is 0.458 e. The molecule has 0 bridgehead atoms. The number of nitrogens with zero attached hydrogens (tertiary/aromatic N) is 3. The number of rotatable bonds is 0. The smallest absolute Gasteiger partial charge is 0.350 e. The van der Waals surface area contributed by atoms with Crippen molar-refractivity contribution >= 4 is 28.9 Å². The number of Topliss-reactive ketones (excluding diaryl/α,β-unsaturated/α-hetero) is 1. The molecule has 0 spiro atoms. The van der Waals surface area contributed by atoms with Crippen LogP contribution < -0.4 is 0 Å². The molecular formula is C10H16N3O2S+. The van der Waals surface area contributed by atoms with Crippen molar-refractivity contribution in [1.29, 1.82) is 0 Å². The van der Waals surface area contributed by atoms with E-state index in [1.807, 2.05) is 37.7 Å². The fraction of sp³-hybridized carbons (Fsp3) is 0.500. The van der Waals surface area contributed by atoms with Crippen LogP contribution in [-0.4, -0.2) is 54.5 Å². The number of allylic oxidation sites excluding steroid dienone is 1. The van der Waals surface area contributed by atoms with Gasteiger partial charge >= 0.3 is 6.02 Å². The van der Waals surface area contributed by atoms with E-state index in [-0.39, 0.29) is 5.78 Å². The summed E-state index contributed by atoms with van der Waals surface area (Å²) in [4.78, 5) is 17.2. The first kappa shape index (κ1) is 12.8. The Labute approximate surface area is 99.7 Å². The summed E-state index contributed by atoms with van der Waals surface area (Å²) < 4.78 is 7.30. The van der Waals surface area contributed by atoms with Gasteiger partial charge in [0.05, 0.1) is 28.2 Å². The molecule has 1 aliphatic rings. The van der Waals surface area contributed by atoms with Crippen LogP contribution in [0.1, 0.15) is 6.42 Å². The van der Waals surface area contributed by atoms with E-state index in [1.54, 1.807) is 12.3 Å². The van der Waals surface area contributed by atoms with Crippen molar-refractivity contribution in [1.82, 2.24) is 4.90 Å². The first-order valence-corrected chi connectivity index (χ1v) is 5.58. The van der Waals surface area contributed by atoms with Gasteiger partial charge in [0.15, 0.2) is 10.8 Å². The van der Waals surface area contributed by atoms with Crippen molar-refractivity contribution in [3.8, 4) is 0 Å². The zero-order valence-corrected chi connectivity index (χ0v) is 10.7. The van der Waals surface area contributed by atoms with Gasteiger partial charge in [-0.15, -0.1) is 0 Å². The van der Waals surface area contributed by atoms with Gasteiger partial charge < -0.3 is 4.18 Å². The van der Waals surface area contributed by atoms with E-state index in [9.17, 15) is 4.79 Å². The van der Waals surface area contributed by atoms with E-state index < -0.39 is 0 Å². The summed E-state index contributed by atoms with van der Waals surface area (Å²) in [6, 6.07) is 0.662. The molecule has 0 aromatic heterocycles. The van der Waals surface area contributed by atoms with Gasteiger partial charge in [0.2, 0.25) is 0 Å². The lowest BCUT2D eigenvalue weighted by molar-refractivity contribution is -0.477. The number of carbonyl (C=O) groups excluding carboxylic acids is 1. The lowest BCUT2D eigenvalue weighted by Crippen LogP contribution is -2.31. The molecule has 0 N–H and O–H groups in total. The van der Waals surface area contributed by atoms with E-state index in [4.69, 9.17) is 4.18 Å². The standard InChI is InChI=1S/C10H16N3O2S/c1-12(2)10(13(3)4)15-16-9-8(14)6-5-7-11-9/h5,7H,6H2,1-4H3/q+1. The minimum Gasteiger partial charge on any atom is -0.350 e. The highest BCUT2D eigenvalue weighted by Crippen LogP contribution is 2.13. The molecule has 0 atom stereocenters. The molecule has 5 nitrogen and oxygen atoms in total. The van der Waals surface area contributed by atoms with Crippen molar-refractivity contribution in [2.45, 2.75) is 6.42 Å². The molecular weight excluding hydrogens is 226 g/mol. The van der Waals surface area contributed by atoms with Gasteiger partial charge in [0, 0.05) is 12.6 Å². The molecule has 88 valence electrons. The van der Waals surface area contributed by atoms with Gasteiger partial charge in [-0.3, -0.25) is 4.79 Å². The summed E-state index contributed by atoms with van der Waals surface area (Å²) in [7, 11) is 7.50. The first-order valence-electron chi connectivity index (χ1n) is 4.84. The maximum atomic E-state index is 11.4. The fourth-order valence-electron chi connectivity index (χ4n) is 1.13. The number of hydrogen-bond donors (Lipinski definition) is 0. The monoisotopic (exact) mass is 242 g/mol. The van der Waals surface area contributed by atoms with Gasteiger partial charge in [-0.1, -0.05) is 6.08 Å². The van der Waals surface area contributed by atoms with E-state index in [2.05, 4.69) is 4.99 Å². The third kappa shape index (κ3) is 3.37. The molecule has 0 aromatic carbocycles. The maximum absolute atomic E-state index is 11.4. The maximum Gasteiger partial charge on any atom is 0.458 e. The van der Waals surface area contributed by atoms with Crippen LogP contribution in [0.15, 0.2) is 17.3 Å². The molecule has 16 heavy (non-hydrogen) atoms. The van der Waals surface area contributed by atoms with Crippen LogP contribution in [0.2, 0.25) is 0 Å². The molecule has 0 amide bonds. The van der Waals surface area contributed by atoms with Crippen molar-refractivity contribution in [3.05, 3.63) is 12.3 Å². The van der Waals surface area contributed by atoms with Crippen LogP contribution in [0.25, 0.3) is 0 Å². The second kappa shape index (κ2) is 5.69. The van der Waals surface area contributed by atoms with E-state index in [1.165, 1.54) is 0 Å². The number of carbonyl (C=O) groups is 1. The number of amidine groups is 1. The predicted molar refractivity (Wildman–Crippen MR) is 65.7 cm³/mol. The van der Waals surface area contributed by atoms with Crippen molar-refractivity contribution in [3.63, 3.8) is 0 Å². The Kier molecular flexibility index (Phi) is 4.54. The Morgan fingerprint density at radius 2 is 2.25 bits per heavy atom. The number of aliphatic imine (C=N–C) groups is 1. The molecule has 0 unspecified atom stereocenters. The second-order valence-electron chi connectivity index (χ2n) is 3.68. The summed E-state index contributed by atoms with van der Waals surface area (Å²) in [5.74, 6) is -0.00985. The number of ketones is 1. The highest BCUT2D eigenvalue weighted by Gasteiger charge is 2.20. The van der Waals surface area contributed by atoms with Crippen LogP contribution in [0.3, 0.4) is 0 Å². The van der Waals surface area contributed by atoms with Crippen LogP contribution in [-0.2, 0) is 8.98 Å². The van der Waals surface area contributed by atoms with E-state index in [0.717, 1.165) is 12.0 Å². The van der Waals surface area contributed by atoms with Gasteiger partial charge in [-0.2, -0.15) is 0 Å². The minimum atomic E-state index is -0.00985. The lowest BCUT2D eigenvalue weighted by atomic mass is 10.3. The van der Waals surface area contributed by atoms with Crippen LogP contribution in [0.5, 0.6) is 0 Å². The van der Waals surface area contributed by atoms with Gasteiger partial charge in [-0.05, 0) is 0 Å². The third-order valence-corrected chi connectivity index (χ3v) is 2.52. The van der Waals surface area contributed by atoms with E-state index >= 15 is 0 Å². The van der Waals surface area contributed by atoms with Gasteiger partial charge in [0.25, 0.3) is 0 Å². The van der Waals surface area contributed by atoms with Crippen LogP contribution in [0.4, 0.5) is 0 Å². The quantitative estimate of drug-likeness (QED) is 0.272. The topological polar surface area (TPSA) is 44.9 Å². The summed E-state index contributed by atoms with van der Waals surface area (Å²) in [5, 5.41) is 0.392. The predicted octanol–water partition coefficient (Wildman–Crippen LogP) is 0.726. The van der Waals surface area contributed by atoms with Crippen LogP contribution >= 0.6 is 12.0 Å². The average Bonchev–Trinajstić information content (AvgIpc) is 2.20. The summed E-state index contributed by atoms with van der Waals surface area (Å²) in [6.07, 6.45) is 3.75. The van der Waals surface area contributed by atoms with Crippen molar-refractivity contribution < 1.29 is 13.6 Å². The average molecular weight is 242 g/mol. The van der Waals surface area contributed by atoms with E-state index in [0.29, 0.717) is 17.5 Å². The third-order valence-electron chi connectivity index (χ3n) is 1.80. The molecule has 1 rings (SSSR count). The first-order chi connectivity index (χ1) is 7.52. The Bertz CT molecular complexity index is 366. The molecule has 0 saturated heterocycles. The SMILES string of the molecule is CN(C)C(OSC1=NC=CCC1=O)=[N+](C)C. The molecule has 0 fully saturated rings. The second-order valence-corrected chi connectivity index (χ2v) is 4.40. The Balaban J connectivity index is 2.63. The van der Waals surface area contributed by atoms with Crippen molar-refractivity contribution in [2.24, 2.45) is 4.99 Å². The summed E-state index contributed by atoms with van der Waals surface area (Å²) in [5.41, 5.74) is 0. The molecule has 1 heterocycles. The fourth-order valence-corrected chi connectivity index (χ4v) is 1.87. The van der Waals surface area contributed by atoms with Gasteiger partial charge in [0.1, 0.15) is 12.0 Å². The molecule has 1 aliphatic heterocycles. The molecule has 6 heteroatoms. The Hall–Kier alpha value is -1.30. The van der Waals surface area contributed by atoms with Gasteiger partial charge in [-0.25, -0.2) is 14.5 Å². The molecule has 0 saturated carbocycles. The summed E-state index contributed by atoms with van der Waals surface area (Å²) >= 11 is 0.999. The number of hydrogen-bond acceptors (Lipinski definition) is 4. The zero-order chi connectivity index (χ0) is 12.1. The summed E-state index contributed by atoms with van der Waals surface area (Å²) in [6.45, 7) is 0. The molecule has 0 aliphatic carbocycles. The minimum absolute atomic E-state index is 0.00985. The highest BCUT2D eigenvalue weighted by molar-refractivity contribution is 8.12. The molecule has 0 radical (unpaired) electrons. The normalized spacial score (nSPS) is 14.5. The Morgan fingerprint density at radius 3 is 2.75 bits per heavy atom.